The van der Waals surface area contributed by atoms with Gasteiger partial charge in [0.2, 0.25) is 0 Å². The topological polar surface area (TPSA) is 61.1 Å². The average molecular weight is 189 g/mol. The van der Waals surface area contributed by atoms with Gasteiger partial charge in [-0.15, -0.1) is 0 Å². The monoisotopic (exact) mass is 189 g/mol. The molecule has 0 spiro atoms. The lowest BCUT2D eigenvalue weighted by Gasteiger charge is -2.05. The summed E-state index contributed by atoms with van der Waals surface area (Å²) in [6.45, 7) is 3.31. The maximum Gasteiger partial charge on any atom is 0.161 e. The molecule has 0 aliphatic carbocycles. The number of aromatic hydroxyl groups is 1. The van der Waals surface area contributed by atoms with Gasteiger partial charge in [-0.05, 0) is 31.0 Å². The van der Waals surface area contributed by atoms with Gasteiger partial charge >= 0.3 is 0 Å². The van der Waals surface area contributed by atoms with Gasteiger partial charge in [-0.25, -0.2) is 0 Å². The van der Waals surface area contributed by atoms with Gasteiger partial charge in [-0.1, -0.05) is 6.92 Å². The van der Waals surface area contributed by atoms with E-state index in [-0.39, 0.29) is 17.1 Å². The van der Waals surface area contributed by atoms with Crippen LogP contribution in [-0.2, 0) is 6.42 Å². The molecule has 0 saturated carbocycles. The van der Waals surface area contributed by atoms with Crippen LogP contribution in [0.3, 0.4) is 0 Å². The van der Waals surface area contributed by atoms with Crippen LogP contribution in [0.5, 0.6) is 5.75 Å². The number of carbonyl (C=O) groups excluding carboxylic acids is 1. The molecule has 14 heavy (non-hydrogen) atoms. The van der Waals surface area contributed by atoms with E-state index in [4.69, 9.17) is 5.26 Å². The molecule has 1 N–H and O–H groups in total. The maximum atomic E-state index is 11.2. The van der Waals surface area contributed by atoms with Gasteiger partial charge in [0.1, 0.15) is 17.4 Å². The molecule has 0 saturated heterocycles. The van der Waals surface area contributed by atoms with Crippen molar-refractivity contribution in [3.63, 3.8) is 0 Å². The molecule has 72 valence electrons. The van der Waals surface area contributed by atoms with E-state index >= 15 is 0 Å². The molecule has 0 atom stereocenters. The van der Waals surface area contributed by atoms with Crippen LogP contribution in [-0.4, -0.2) is 10.9 Å². The molecule has 1 aromatic carbocycles. The molecule has 0 radical (unpaired) electrons. The summed E-state index contributed by atoms with van der Waals surface area (Å²) >= 11 is 0. The Hall–Kier alpha value is -1.82. The van der Waals surface area contributed by atoms with Crippen molar-refractivity contribution in [1.29, 1.82) is 5.26 Å². The van der Waals surface area contributed by atoms with Crippen LogP contribution in [0.4, 0.5) is 0 Å². The smallest absolute Gasteiger partial charge is 0.161 e. The van der Waals surface area contributed by atoms with Crippen molar-refractivity contribution in [3.05, 3.63) is 28.8 Å². The van der Waals surface area contributed by atoms with E-state index in [0.29, 0.717) is 5.56 Å². The molecule has 3 nitrogen and oxygen atoms in total. The van der Waals surface area contributed by atoms with Gasteiger partial charge in [-0.2, -0.15) is 5.26 Å². The zero-order valence-electron chi connectivity index (χ0n) is 8.16. The first-order valence-corrected chi connectivity index (χ1v) is 4.37. The fourth-order valence-corrected chi connectivity index (χ4v) is 1.28. The number of hydrogen-bond acceptors (Lipinski definition) is 3. The van der Waals surface area contributed by atoms with Crippen molar-refractivity contribution in [2.24, 2.45) is 0 Å². The molecule has 0 aliphatic rings. The third-order valence-electron chi connectivity index (χ3n) is 2.08. The van der Waals surface area contributed by atoms with E-state index in [1.165, 1.54) is 13.0 Å². The van der Waals surface area contributed by atoms with Gasteiger partial charge in [0.25, 0.3) is 0 Å². The Labute approximate surface area is 82.6 Å². The predicted molar refractivity (Wildman–Crippen MR) is 52.2 cm³/mol. The first kappa shape index (κ1) is 10.3. The van der Waals surface area contributed by atoms with Crippen molar-refractivity contribution in [2.45, 2.75) is 20.3 Å². The summed E-state index contributed by atoms with van der Waals surface area (Å²) in [6.07, 6.45) is 0.722. The second-order valence-electron chi connectivity index (χ2n) is 3.06. The van der Waals surface area contributed by atoms with E-state index < -0.39 is 0 Å². The number of nitrogens with zero attached hydrogens (tertiary/aromatic N) is 1. The highest BCUT2D eigenvalue weighted by molar-refractivity contribution is 5.97. The number of aryl methyl sites for hydroxylation is 1. The van der Waals surface area contributed by atoms with Gasteiger partial charge in [0.05, 0.1) is 0 Å². The Balaban J connectivity index is 3.45. The Morgan fingerprint density at radius 3 is 2.64 bits per heavy atom. The third-order valence-corrected chi connectivity index (χ3v) is 2.08. The van der Waals surface area contributed by atoms with E-state index in [0.717, 1.165) is 12.0 Å². The molecular formula is C11H11NO2. The van der Waals surface area contributed by atoms with E-state index in [2.05, 4.69) is 0 Å². The molecule has 3 heteroatoms. The quantitative estimate of drug-likeness (QED) is 0.724. The summed E-state index contributed by atoms with van der Waals surface area (Å²) in [5.41, 5.74) is 1.21. The number of benzene rings is 1. The minimum absolute atomic E-state index is 0.0645. The lowest BCUT2D eigenvalue weighted by Crippen LogP contribution is -1.98. The van der Waals surface area contributed by atoms with Gasteiger partial charge in [0.15, 0.2) is 5.78 Å². The number of phenols is 1. The van der Waals surface area contributed by atoms with Gasteiger partial charge in [0, 0.05) is 5.56 Å². The van der Waals surface area contributed by atoms with Crippen molar-refractivity contribution < 1.29 is 9.90 Å². The summed E-state index contributed by atoms with van der Waals surface area (Å²) in [4.78, 5) is 11.2. The van der Waals surface area contributed by atoms with Crippen LogP contribution in [0.15, 0.2) is 12.1 Å². The molecule has 0 aliphatic heterocycles. The highest BCUT2D eigenvalue weighted by Gasteiger charge is 2.12. The lowest BCUT2D eigenvalue weighted by molar-refractivity contribution is 0.101. The molecule has 0 aromatic heterocycles. The Morgan fingerprint density at radius 2 is 2.21 bits per heavy atom. The van der Waals surface area contributed by atoms with E-state index in [1.54, 1.807) is 6.07 Å². The first-order valence-electron chi connectivity index (χ1n) is 4.37. The Bertz CT molecular complexity index is 416. The number of Topliss-reactive ketones (excluding diaryl/α,β-unsaturated/α-hetero) is 1. The molecule has 0 amide bonds. The summed E-state index contributed by atoms with van der Waals surface area (Å²) < 4.78 is 0. The third kappa shape index (κ3) is 1.74. The highest BCUT2D eigenvalue weighted by Crippen LogP contribution is 2.23. The molecule has 1 aromatic rings. The maximum absolute atomic E-state index is 11.2. The van der Waals surface area contributed by atoms with Crippen LogP contribution in [0.1, 0.15) is 35.3 Å². The lowest BCUT2D eigenvalue weighted by atomic mass is 9.99. The van der Waals surface area contributed by atoms with Gasteiger partial charge < -0.3 is 5.11 Å². The highest BCUT2D eigenvalue weighted by atomic mass is 16.3. The zero-order chi connectivity index (χ0) is 10.7. The molecule has 0 fully saturated rings. The van der Waals surface area contributed by atoms with E-state index in [9.17, 15) is 9.90 Å². The fourth-order valence-electron chi connectivity index (χ4n) is 1.28. The largest absolute Gasteiger partial charge is 0.507 e. The SMILES string of the molecule is CCc1cc(O)c(C#N)c(C(C)=O)c1. The van der Waals surface area contributed by atoms with Crippen LogP contribution < -0.4 is 0 Å². The normalized spacial score (nSPS) is 9.50. The second-order valence-corrected chi connectivity index (χ2v) is 3.06. The van der Waals surface area contributed by atoms with Crippen LogP contribution >= 0.6 is 0 Å². The summed E-state index contributed by atoms with van der Waals surface area (Å²) in [7, 11) is 0. The van der Waals surface area contributed by atoms with Crippen LogP contribution in [0, 0.1) is 11.3 Å². The van der Waals surface area contributed by atoms with Crippen LogP contribution in [0.25, 0.3) is 0 Å². The zero-order valence-corrected chi connectivity index (χ0v) is 8.16. The fraction of sp³-hybridized carbons (Fsp3) is 0.273. The summed E-state index contributed by atoms with van der Waals surface area (Å²) in [6, 6.07) is 5.00. The number of rotatable bonds is 2. The van der Waals surface area contributed by atoms with E-state index in [1.807, 2.05) is 13.0 Å². The molecule has 1 rings (SSSR count). The number of phenolic OH excluding ortho intramolecular Hbond substituents is 1. The number of nitriles is 1. The summed E-state index contributed by atoms with van der Waals surface area (Å²) in [5, 5.41) is 18.2. The Kier molecular flexibility index (Phi) is 2.88. The molecular weight excluding hydrogens is 178 g/mol. The van der Waals surface area contributed by atoms with Gasteiger partial charge in [-0.3, -0.25) is 4.79 Å². The van der Waals surface area contributed by atoms with Crippen LogP contribution in [0.2, 0.25) is 0 Å². The molecule has 0 unspecified atom stereocenters. The van der Waals surface area contributed by atoms with Crippen molar-refractivity contribution in [1.82, 2.24) is 0 Å². The standard InChI is InChI=1S/C11H11NO2/c1-3-8-4-9(7(2)13)10(6-12)11(14)5-8/h4-5,14H,3H2,1-2H3. The first-order chi connectivity index (χ1) is 6.60. The number of hydrogen-bond donors (Lipinski definition) is 1. The number of carbonyl (C=O) groups is 1. The average Bonchev–Trinajstić information content (AvgIpc) is 2.16. The minimum Gasteiger partial charge on any atom is -0.507 e. The molecule has 0 bridgehead atoms. The summed E-state index contributed by atoms with van der Waals surface area (Å²) in [5.74, 6) is -0.316. The number of ketones is 1. The second kappa shape index (κ2) is 3.93. The van der Waals surface area contributed by atoms with Crippen molar-refractivity contribution >= 4 is 5.78 Å². The molecule has 0 heterocycles. The minimum atomic E-state index is -0.202. The van der Waals surface area contributed by atoms with Crippen molar-refractivity contribution in [2.75, 3.05) is 0 Å². The van der Waals surface area contributed by atoms with Crippen molar-refractivity contribution in [3.8, 4) is 11.8 Å². The Morgan fingerprint density at radius 1 is 1.57 bits per heavy atom. The predicted octanol–water partition coefficient (Wildman–Crippen LogP) is 2.03.